The van der Waals surface area contributed by atoms with Crippen LogP contribution in [0.15, 0.2) is 67.1 Å². The zero-order valence-corrected chi connectivity index (χ0v) is 21.4. The van der Waals surface area contributed by atoms with Crippen LogP contribution in [0.4, 0.5) is 5.69 Å². The number of rotatable bonds is 4. The summed E-state index contributed by atoms with van der Waals surface area (Å²) in [5.41, 5.74) is 6.56. The van der Waals surface area contributed by atoms with Crippen LogP contribution < -0.4 is 10.2 Å². The van der Waals surface area contributed by atoms with Crippen molar-refractivity contribution in [2.24, 2.45) is 0 Å². The zero-order valence-electron chi connectivity index (χ0n) is 19.8. The van der Waals surface area contributed by atoms with Gasteiger partial charge in [-0.3, -0.25) is 9.97 Å². The van der Waals surface area contributed by atoms with Gasteiger partial charge in [-0.1, -0.05) is 29.8 Å². The number of fused-ring (bicyclic) bond motifs is 1. The van der Waals surface area contributed by atoms with Crippen LogP contribution in [0, 0.1) is 0 Å². The molecule has 1 fully saturated rings. The SMILES string of the molecule is CC1=CC(C)(C)N(C)c2cc(Cl)c(C3C(c4ccccn4)NC(=S)N3Cc3cccnc3)cc21. The largest absolute Gasteiger partial charge is 0.365 e. The quantitative estimate of drug-likeness (QED) is 0.458. The second-order valence-electron chi connectivity index (χ2n) is 9.55. The highest BCUT2D eigenvalue weighted by Gasteiger charge is 2.41. The van der Waals surface area contributed by atoms with Gasteiger partial charge in [-0.15, -0.1) is 0 Å². The van der Waals surface area contributed by atoms with Gasteiger partial charge in [0.2, 0.25) is 0 Å². The number of aromatic nitrogens is 2. The molecule has 0 amide bonds. The lowest BCUT2D eigenvalue weighted by Gasteiger charge is -2.41. The fourth-order valence-electron chi connectivity index (χ4n) is 5.02. The normalized spacial score (nSPS) is 21.2. The van der Waals surface area contributed by atoms with Gasteiger partial charge in [0.15, 0.2) is 5.11 Å². The number of nitrogens with one attached hydrogen (secondary N) is 1. The van der Waals surface area contributed by atoms with Gasteiger partial charge in [0.25, 0.3) is 0 Å². The Morgan fingerprint density at radius 2 is 1.97 bits per heavy atom. The summed E-state index contributed by atoms with van der Waals surface area (Å²) in [6, 6.07) is 14.1. The molecule has 0 saturated carbocycles. The highest BCUT2D eigenvalue weighted by atomic mass is 35.5. The fraction of sp³-hybridized carbons (Fsp3) is 0.296. The average molecular weight is 490 g/mol. The molecule has 1 saturated heterocycles. The Hall–Kier alpha value is -2.96. The van der Waals surface area contributed by atoms with Crippen molar-refractivity contribution in [3.8, 4) is 0 Å². The lowest BCUT2D eigenvalue weighted by atomic mass is 9.86. The summed E-state index contributed by atoms with van der Waals surface area (Å²) in [6.45, 7) is 7.23. The van der Waals surface area contributed by atoms with Crippen LogP contribution in [-0.4, -0.2) is 32.6 Å². The van der Waals surface area contributed by atoms with Gasteiger partial charge in [-0.25, -0.2) is 0 Å². The summed E-state index contributed by atoms with van der Waals surface area (Å²) in [5, 5.41) is 4.93. The van der Waals surface area contributed by atoms with E-state index in [9.17, 15) is 0 Å². The van der Waals surface area contributed by atoms with E-state index in [1.54, 1.807) is 6.20 Å². The van der Waals surface area contributed by atoms with Crippen LogP contribution >= 0.6 is 23.8 Å². The molecule has 1 aromatic carbocycles. The summed E-state index contributed by atoms with van der Waals surface area (Å²) >= 11 is 12.9. The van der Waals surface area contributed by atoms with Crippen LogP contribution in [0.2, 0.25) is 5.02 Å². The predicted molar refractivity (Wildman–Crippen MR) is 143 cm³/mol. The van der Waals surface area contributed by atoms with E-state index < -0.39 is 0 Å². The summed E-state index contributed by atoms with van der Waals surface area (Å²) in [6.07, 6.45) is 7.80. The first kappa shape index (κ1) is 22.8. The minimum atomic E-state index is -0.122. The molecule has 0 aliphatic carbocycles. The third-order valence-corrected chi connectivity index (χ3v) is 7.61. The molecule has 34 heavy (non-hydrogen) atoms. The summed E-state index contributed by atoms with van der Waals surface area (Å²) in [7, 11) is 2.12. The van der Waals surface area contributed by atoms with E-state index in [-0.39, 0.29) is 17.6 Å². The molecule has 0 radical (unpaired) electrons. The number of likely N-dealkylation sites (N-methyl/N-ethyl adjacent to an activating group) is 1. The first-order valence-corrected chi connectivity index (χ1v) is 12.2. The Labute approximate surface area is 211 Å². The van der Waals surface area contributed by atoms with Crippen molar-refractivity contribution in [1.29, 1.82) is 0 Å². The number of allylic oxidation sites excluding steroid dienone is 1. The number of anilines is 1. The first-order chi connectivity index (χ1) is 16.3. The Kier molecular flexibility index (Phi) is 5.82. The molecular weight excluding hydrogens is 462 g/mol. The van der Waals surface area contributed by atoms with Gasteiger partial charge >= 0.3 is 0 Å². The third kappa shape index (κ3) is 3.95. The first-order valence-electron chi connectivity index (χ1n) is 11.4. The van der Waals surface area contributed by atoms with Crippen LogP contribution in [0.3, 0.4) is 0 Å². The van der Waals surface area contributed by atoms with Gasteiger partial charge < -0.3 is 15.1 Å². The molecule has 2 atom stereocenters. The molecule has 5 rings (SSSR count). The van der Waals surface area contributed by atoms with Gasteiger partial charge in [0.1, 0.15) is 0 Å². The summed E-state index contributed by atoms with van der Waals surface area (Å²) in [4.78, 5) is 13.4. The monoisotopic (exact) mass is 489 g/mol. The molecule has 0 bridgehead atoms. The van der Waals surface area contributed by atoms with Crippen molar-refractivity contribution in [2.45, 2.75) is 44.9 Å². The number of nitrogens with zero attached hydrogens (tertiary/aromatic N) is 4. The number of benzene rings is 1. The van der Waals surface area contributed by atoms with Crippen LogP contribution in [0.1, 0.15) is 55.2 Å². The highest BCUT2D eigenvalue weighted by Crippen LogP contribution is 2.47. The topological polar surface area (TPSA) is 44.3 Å². The van der Waals surface area contributed by atoms with Gasteiger partial charge in [-0.05, 0) is 80.0 Å². The zero-order chi connectivity index (χ0) is 24.0. The second kappa shape index (κ2) is 8.67. The van der Waals surface area contributed by atoms with Crippen molar-refractivity contribution in [2.75, 3.05) is 11.9 Å². The van der Waals surface area contributed by atoms with Crippen molar-refractivity contribution in [3.05, 3.63) is 94.5 Å². The van der Waals surface area contributed by atoms with Gasteiger partial charge in [0.05, 0.1) is 23.3 Å². The molecule has 1 N–H and O–H groups in total. The van der Waals surface area contributed by atoms with E-state index in [0.717, 1.165) is 27.5 Å². The molecule has 3 aromatic rings. The maximum Gasteiger partial charge on any atom is 0.170 e. The number of hydrogen-bond donors (Lipinski definition) is 1. The Balaban J connectivity index is 1.64. The fourth-order valence-corrected chi connectivity index (χ4v) is 5.59. The lowest BCUT2D eigenvalue weighted by Crippen LogP contribution is -2.42. The Morgan fingerprint density at radius 3 is 2.68 bits per heavy atom. The van der Waals surface area contributed by atoms with Crippen molar-refractivity contribution in [3.63, 3.8) is 0 Å². The molecule has 2 unspecified atom stereocenters. The maximum absolute atomic E-state index is 7.04. The van der Waals surface area contributed by atoms with Crippen molar-refractivity contribution in [1.82, 2.24) is 20.2 Å². The smallest absolute Gasteiger partial charge is 0.170 e. The number of pyridine rings is 2. The molecule has 2 aromatic heterocycles. The van der Waals surface area contributed by atoms with Crippen molar-refractivity contribution >= 4 is 40.2 Å². The van der Waals surface area contributed by atoms with E-state index in [1.165, 1.54) is 11.1 Å². The van der Waals surface area contributed by atoms with E-state index in [4.69, 9.17) is 23.8 Å². The minimum absolute atomic E-state index is 0.0821. The van der Waals surface area contributed by atoms with Gasteiger partial charge in [0, 0.05) is 48.5 Å². The van der Waals surface area contributed by atoms with Gasteiger partial charge in [-0.2, -0.15) is 0 Å². The van der Waals surface area contributed by atoms with E-state index in [2.05, 4.69) is 77.2 Å². The maximum atomic E-state index is 7.04. The number of halogens is 1. The average Bonchev–Trinajstić information content (AvgIpc) is 3.14. The molecule has 2 aliphatic heterocycles. The molecule has 5 nitrogen and oxygen atoms in total. The molecular formula is C27H28ClN5S. The molecule has 0 spiro atoms. The number of hydrogen-bond acceptors (Lipinski definition) is 4. The van der Waals surface area contributed by atoms with Crippen LogP contribution in [0.25, 0.3) is 5.57 Å². The predicted octanol–water partition coefficient (Wildman–Crippen LogP) is 5.93. The molecule has 2 aliphatic rings. The Bertz CT molecular complexity index is 1260. The Morgan fingerprint density at radius 1 is 1.15 bits per heavy atom. The van der Waals surface area contributed by atoms with E-state index in [0.29, 0.717) is 11.7 Å². The van der Waals surface area contributed by atoms with E-state index in [1.807, 2.05) is 36.7 Å². The van der Waals surface area contributed by atoms with Crippen LogP contribution in [0.5, 0.6) is 0 Å². The third-order valence-electron chi connectivity index (χ3n) is 6.93. The lowest BCUT2D eigenvalue weighted by molar-refractivity contribution is 0.311. The molecule has 4 heterocycles. The summed E-state index contributed by atoms with van der Waals surface area (Å²) in [5.74, 6) is 0. The van der Waals surface area contributed by atoms with Crippen molar-refractivity contribution < 1.29 is 0 Å². The van der Waals surface area contributed by atoms with E-state index >= 15 is 0 Å². The van der Waals surface area contributed by atoms with Crippen LogP contribution in [-0.2, 0) is 6.54 Å². The molecule has 7 heteroatoms. The molecule has 174 valence electrons. The summed E-state index contributed by atoms with van der Waals surface area (Å²) < 4.78 is 0. The second-order valence-corrected chi connectivity index (χ2v) is 10.3. The highest BCUT2D eigenvalue weighted by molar-refractivity contribution is 7.80. The minimum Gasteiger partial charge on any atom is -0.365 e. The number of thiocarbonyl (C=S) groups is 1. The standard InChI is InChI=1S/C27H28ClN5S/c1-17-14-27(2,3)32(4)23-13-21(28)20(12-19(17)23)25-24(22-9-5-6-11-30-22)31-26(34)33(25)16-18-8-7-10-29-15-18/h5-15,24-25H,16H2,1-4H3,(H,31,34).